The van der Waals surface area contributed by atoms with E-state index in [9.17, 15) is 5.11 Å². The minimum absolute atomic E-state index is 0.0767. The molecule has 2 N–H and O–H groups in total. The van der Waals surface area contributed by atoms with Crippen LogP contribution in [0.5, 0.6) is 5.75 Å². The van der Waals surface area contributed by atoms with Crippen molar-refractivity contribution >= 4 is 0 Å². The van der Waals surface area contributed by atoms with Crippen molar-refractivity contribution in [3.63, 3.8) is 0 Å². The second kappa shape index (κ2) is 7.81. The molecule has 0 saturated heterocycles. The molecule has 0 aromatic heterocycles. The van der Waals surface area contributed by atoms with Crippen molar-refractivity contribution in [2.75, 3.05) is 19.8 Å². The lowest BCUT2D eigenvalue weighted by atomic mass is 9.85. The summed E-state index contributed by atoms with van der Waals surface area (Å²) in [5.41, 5.74) is 1.17. The summed E-state index contributed by atoms with van der Waals surface area (Å²) in [5, 5.41) is 13.5. The molecule has 2 rings (SSSR count). The summed E-state index contributed by atoms with van der Waals surface area (Å²) in [6.07, 6.45) is 5.58. The average molecular weight is 291 g/mol. The van der Waals surface area contributed by atoms with Crippen LogP contribution < -0.4 is 10.1 Å². The lowest BCUT2D eigenvalue weighted by Gasteiger charge is -2.35. The van der Waals surface area contributed by atoms with Crippen LogP contribution in [0.4, 0.5) is 0 Å². The predicted octanol–water partition coefficient (Wildman–Crippen LogP) is 3.29. The highest BCUT2D eigenvalue weighted by molar-refractivity contribution is 5.26. The van der Waals surface area contributed by atoms with E-state index < -0.39 is 0 Å². The fraction of sp³-hybridized carbons (Fsp3) is 0.667. The Balaban J connectivity index is 1.84. The molecule has 1 saturated carbocycles. The van der Waals surface area contributed by atoms with Gasteiger partial charge in [-0.15, -0.1) is 0 Å². The number of hydrogen-bond donors (Lipinski definition) is 2. The van der Waals surface area contributed by atoms with Gasteiger partial charge < -0.3 is 15.2 Å². The Labute approximate surface area is 128 Å². The highest BCUT2D eigenvalue weighted by Crippen LogP contribution is 2.37. The molecule has 118 valence electrons. The summed E-state index contributed by atoms with van der Waals surface area (Å²) >= 11 is 0. The van der Waals surface area contributed by atoms with Crippen LogP contribution in [-0.2, 0) is 0 Å². The van der Waals surface area contributed by atoms with Crippen LogP contribution in [0.1, 0.15) is 44.6 Å². The third-order valence-electron chi connectivity index (χ3n) is 4.72. The van der Waals surface area contributed by atoms with Gasteiger partial charge in [0.2, 0.25) is 0 Å². The highest BCUT2D eigenvalue weighted by atomic mass is 16.5. The van der Waals surface area contributed by atoms with E-state index >= 15 is 0 Å². The zero-order chi connectivity index (χ0) is 15.1. The van der Waals surface area contributed by atoms with E-state index in [2.05, 4.69) is 31.3 Å². The van der Waals surface area contributed by atoms with Gasteiger partial charge in [-0.05, 0) is 57.2 Å². The van der Waals surface area contributed by atoms with Gasteiger partial charge in [0.15, 0.2) is 0 Å². The predicted molar refractivity (Wildman–Crippen MR) is 86.7 cm³/mol. The summed E-state index contributed by atoms with van der Waals surface area (Å²) < 4.78 is 5.86. The third kappa shape index (κ3) is 4.21. The Morgan fingerprint density at radius 3 is 2.76 bits per heavy atom. The maximum atomic E-state index is 9.86. The van der Waals surface area contributed by atoms with Gasteiger partial charge in [-0.3, -0.25) is 0 Å². The van der Waals surface area contributed by atoms with Gasteiger partial charge in [0.1, 0.15) is 5.75 Å². The summed E-state index contributed by atoms with van der Waals surface area (Å²) in [5.74, 6) is 1.45. The second-order valence-corrected chi connectivity index (χ2v) is 6.28. The Kier molecular flexibility index (Phi) is 6.07. The van der Waals surface area contributed by atoms with Crippen LogP contribution in [0.2, 0.25) is 0 Å². The van der Waals surface area contributed by atoms with Gasteiger partial charge in [0, 0.05) is 5.54 Å². The molecule has 1 aliphatic carbocycles. The monoisotopic (exact) mass is 291 g/mol. The lowest BCUT2D eigenvalue weighted by molar-refractivity contribution is 0.110. The molecule has 1 fully saturated rings. The van der Waals surface area contributed by atoms with E-state index in [0.29, 0.717) is 5.92 Å². The van der Waals surface area contributed by atoms with Crippen molar-refractivity contribution < 1.29 is 9.84 Å². The van der Waals surface area contributed by atoms with Gasteiger partial charge in [-0.2, -0.15) is 0 Å². The van der Waals surface area contributed by atoms with Crippen molar-refractivity contribution in [1.29, 1.82) is 0 Å². The summed E-state index contributed by atoms with van der Waals surface area (Å²) in [4.78, 5) is 0. The zero-order valence-corrected chi connectivity index (χ0v) is 13.4. The van der Waals surface area contributed by atoms with Crippen LogP contribution in [0.25, 0.3) is 0 Å². The molecule has 1 aliphatic rings. The Bertz CT molecular complexity index is 418. The van der Waals surface area contributed by atoms with E-state index in [1.54, 1.807) is 0 Å². The topological polar surface area (TPSA) is 41.5 Å². The number of rotatable bonds is 8. The number of nitrogens with one attached hydrogen (secondary N) is 1. The van der Waals surface area contributed by atoms with Crippen LogP contribution in [0, 0.1) is 12.8 Å². The molecule has 0 bridgehead atoms. The summed E-state index contributed by atoms with van der Waals surface area (Å²) in [6.45, 7) is 6.20. The maximum Gasteiger partial charge on any atom is 0.119 e. The van der Waals surface area contributed by atoms with Crippen LogP contribution in [0.3, 0.4) is 0 Å². The molecular weight excluding hydrogens is 262 g/mol. The summed E-state index contributed by atoms with van der Waals surface area (Å²) in [6, 6.07) is 8.20. The quantitative estimate of drug-likeness (QED) is 0.772. The number of aliphatic hydroxyl groups excluding tert-OH is 1. The highest BCUT2D eigenvalue weighted by Gasteiger charge is 2.41. The second-order valence-electron chi connectivity index (χ2n) is 6.28. The first kappa shape index (κ1) is 16.3. The minimum atomic E-state index is -0.0767. The number of ether oxygens (including phenoxy) is 1. The van der Waals surface area contributed by atoms with Gasteiger partial charge in [0.25, 0.3) is 0 Å². The lowest BCUT2D eigenvalue weighted by Crippen LogP contribution is -2.52. The molecule has 1 aromatic rings. The molecule has 3 nitrogen and oxygen atoms in total. The van der Waals surface area contributed by atoms with Gasteiger partial charge in [0.05, 0.1) is 13.2 Å². The fourth-order valence-corrected chi connectivity index (χ4v) is 3.39. The largest absolute Gasteiger partial charge is 0.494 e. The van der Waals surface area contributed by atoms with Crippen molar-refractivity contribution in [2.45, 2.75) is 51.5 Å². The van der Waals surface area contributed by atoms with E-state index in [1.807, 2.05) is 12.1 Å². The molecule has 21 heavy (non-hydrogen) atoms. The number of benzene rings is 1. The number of hydrogen-bond acceptors (Lipinski definition) is 3. The molecule has 2 atom stereocenters. The SMILES string of the molecule is CCCNC1(CO)CCCC1CCOc1ccc(C)cc1. The van der Waals surface area contributed by atoms with E-state index in [1.165, 1.54) is 18.4 Å². The zero-order valence-electron chi connectivity index (χ0n) is 13.4. The third-order valence-corrected chi connectivity index (χ3v) is 4.72. The number of aryl methyl sites for hydroxylation is 1. The molecule has 0 aliphatic heterocycles. The Hall–Kier alpha value is -1.06. The van der Waals surface area contributed by atoms with Gasteiger partial charge >= 0.3 is 0 Å². The Morgan fingerprint density at radius 1 is 1.33 bits per heavy atom. The van der Waals surface area contributed by atoms with Gasteiger partial charge in [-0.1, -0.05) is 31.0 Å². The molecule has 1 aromatic carbocycles. The van der Waals surface area contributed by atoms with Crippen LogP contribution in [0.15, 0.2) is 24.3 Å². The molecular formula is C18H29NO2. The van der Waals surface area contributed by atoms with Crippen LogP contribution in [-0.4, -0.2) is 30.4 Å². The Morgan fingerprint density at radius 2 is 2.10 bits per heavy atom. The molecule has 0 heterocycles. The van der Waals surface area contributed by atoms with Crippen molar-refractivity contribution in [3.8, 4) is 5.75 Å². The van der Waals surface area contributed by atoms with Crippen LogP contribution >= 0.6 is 0 Å². The van der Waals surface area contributed by atoms with Crippen molar-refractivity contribution in [3.05, 3.63) is 29.8 Å². The van der Waals surface area contributed by atoms with Crippen molar-refractivity contribution in [2.24, 2.45) is 5.92 Å². The smallest absolute Gasteiger partial charge is 0.119 e. The number of aliphatic hydroxyl groups is 1. The molecule has 0 amide bonds. The average Bonchev–Trinajstić information content (AvgIpc) is 2.91. The van der Waals surface area contributed by atoms with Crippen molar-refractivity contribution in [1.82, 2.24) is 5.32 Å². The fourth-order valence-electron chi connectivity index (χ4n) is 3.39. The minimum Gasteiger partial charge on any atom is -0.494 e. The molecule has 2 unspecified atom stereocenters. The molecule has 0 spiro atoms. The van der Waals surface area contributed by atoms with E-state index in [0.717, 1.165) is 38.2 Å². The standard InChI is InChI=1S/C18H29NO2/c1-3-12-19-18(14-20)11-4-5-16(18)10-13-21-17-8-6-15(2)7-9-17/h6-9,16,19-20H,3-5,10-14H2,1-2H3. The van der Waals surface area contributed by atoms with E-state index in [-0.39, 0.29) is 12.1 Å². The van der Waals surface area contributed by atoms with E-state index in [4.69, 9.17) is 4.74 Å². The summed E-state index contributed by atoms with van der Waals surface area (Å²) in [7, 11) is 0. The first-order chi connectivity index (χ1) is 10.2. The van der Waals surface area contributed by atoms with Gasteiger partial charge in [-0.25, -0.2) is 0 Å². The molecule has 3 heteroatoms. The first-order valence-electron chi connectivity index (χ1n) is 8.25. The maximum absolute atomic E-state index is 9.86. The first-order valence-corrected chi connectivity index (χ1v) is 8.25. The molecule has 0 radical (unpaired) electrons. The normalized spacial score (nSPS) is 25.2.